The molecule has 1 N–H and O–H groups in total. The molecule has 5 heteroatoms. The highest BCUT2D eigenvalue weighted by Gasteiger charge is 2.16. The Kier molecular flexibility index (Phi) is 3.39. The van der Waals surface area contributed by atoms with Crippen molar-refractivity contribution in [1.29, 1.82) is 0 Å². The third kappa shape index (κ3) is 2.62. The van der Waals surface area contributed by atoms with Gasteiger partial charge in [-0.25, -0.2) is 9.78 Å². The maximum atomic E-state index is 11.1. The van der Waals surface area contributed by atoms with E-state index in [2.05, 4.69) is 15.2 Å². The number of carboxylic acid groups (broad SMARTS) is 1. The van der Waals surface area contributed by atoms with Crippen LogP contribution in [0.4, 0.5) is 0 Å². The van der Waals surface area contributed by atoms with Crippen LogP contribution in [0.3, 0.4) is 0 Å². The van der Waals surface area contributed by atoms with Crippen molar-refractivity contribution in [2.75, 3.05) is 0 Å². The highest BCUT2D eigenvalue weighted by atomic mass is 16.4. The van der Waals surface area contributed by atoms with Gasteiger partial charge in [-0.15, -0.1) is 10.2 Å². The van der Waals surface area contributed by atoms with Gasteiger partial charge in [-0.2, -0.15) is 0 Å². The molecule has 0 fully saturated rings. The molecule has 0 radical (unpaired) electrons. The van der Waals surface area contributed by atoms with Crippen LogP contribution in [0.1, 0.15) is 10.6 Å². The number of rotatable bonds is 3. The molecule has 2 aromatic carbocycles. The minimum Gasteiger partial charge on any atom is -0.475 e. The summed E-state index contributed by atoms with van der Waals surface area (Å²) >= 11 is 0. The smallest absolute Gasteiger partial charge is 0.375 e. The molecule has 0 unspecified atom stereocenters. The van der Waals surface area contributed by atoms with Crippen molar-refractivity contribution < 1.29 is 9.90 Å². The van der Waals surface area contributed by atoms with Crippen molar-refractivity contribution in [2.45, 2.75) is 0 Å². The molecule has 0 aliphatic carbocycles. The fourth-order valence-corrected chi connectivity index (χ4v) is 2.00. The average Bonchev–Trinajstić information content (AvgIpc) is 2.56. The summed E-state index contributed by atoms with van der Waals surface area (Å²) in [5.41, 5.74) is 2.71. The van der Waals surface area contributed by atoms with Crippen molar-refractivity contribution in [1.82, 2.24) is 15.2 Å². The second kappa shape index (κ2) is 5.50. The Hall–Kier alpha value is -3.08. The third-order valence-electron chi connectivity index (χ3n) is 2.97. The highest BCUT2D eigenvalue weighted by molar-refractivity contribution is 5.85. The van der Waals surface area contributed by atoms with Gasteiger partial charge in [0.25, 0.3) is 5.82 Å². The number of aromatic nitrogens is 3. The summed E-state index contributed by atoms with van der Waals surface area (Å²) in [6.45, 7) is 0. The van der Waals surface area contributed by atoms with Crippen LogP contribution in [0, 0.1) is 0 Å². The van der Waals surface area contributed by atoms with Crippen LogP contribution in [0.2, 0.25) is 0 Å². The maximum Gasteiger partial charge on any atom is 0.375 e. The van der Waals surface area contributed by atoms with Gasteiger partial charge in [0.1, 0.15) is 11.4 Å². The van der Waals surface area contributed by atoms with E-state index in [0.717, 1.165) is 11.1 Å². The minimum absolute atomic E-state index is 0.312. The molecule has 0 aliphatic rings. The summed E-state index contributed by atoms with van der Waals surface area (Å²) in [6.07, 6.45) is 0. The Morgan fingerprint density at radius 2 is 1.29 bits per heavy atom. The lowest BCUT2D eigenvalue weighted by molar-refractivity contribution is 0.0682. The molecule has 0 amide bonds. The predicted molar refractivity (Wildman–Crippen MR) is 77.7 cm³/mol. The lowest BCUT2D eigenvalue weighted by Crippen LogP contribution is -2.08. The fraction of sp³-hybridized carbons (Fsp3) is 0. The first-order valence-electron chi connectivity index (χ1n) is 6.34. The van der Waals surface area contributed by atoms with Gasteiger partial charge in [0, 0.05) is 11.1 Å². The van der Waals surface area contributed by atoms with Crippen LogP contribution in [0.5, 0.6) is 0 Å². The molecule has 3 rings (SSSR count). The topological polar surface area (TPSA) is 76.0 Å². The van der Waals surface area contributed by atoms with Crippen LogP contribution >= 0.6 is 0 Å². The molecule has 0 spiro atoms. The van der Waals surface area contributed by atoms with Crippen molar-refractivity contribution in [3.63, 3.8) is 0 Å². The number of hydrogen-bond donors (Lipinski definition) is 1. The lowest BCUT2D eigenvalue weighted by Gasteiger charge is -2.08. The molecule has 3 aromatic rings. The second-order valence-electron chi connectivity index (χ2n) is 4.37. The van der Waals surface area contributed by atoms with E-state index in [1.54, 1.807) is 0 Å². The molecule has 0 saturated heterocycles. The number of aromatic carboxylic acids is 1. The summed E-state index contributed by atoms with van der Waals surface area (Å²) < 4.78 is 0. The molecular weight excluding hydrogens is 266 g/mol. The Balaban J connectivity index is 2.23. The van der Waals surface area contributed by atoms with Gasteiger partial charge in [0.05, 0.1) is 0 Å². The SMILES string of the molecule is O=C(O)c1nnc(-c2ccccc2)c(-c2ccccc2)n1. The first kappa shape index (κ1) is 12.9. The largest absolute Gasteiger partial charge is 0.475 e. The minimum atomic E-state index is -1.20. The van der Waals surface area contributed by atoms with E-state index in [0.29, 0.717) is 11.4 Å². The number of carbonyl (C=O) groups is 1. The Morgan fingerprint density at radius 3 is 1.81 bits per heavy atom. The van der Waals surface area contributed by atoms with Crippen LogP contribution < -0.4 is 0 Å². The van der Waals surface area contributed by atoms with Crippen LogP contribution in [0.15, 0.2) is 60.7 Å². The lowest BCUT2D eigenvalue weighted by atomic mass is 10.0. The molecular formula is C16H11N3O2. The van der Waals surface area contributed by atoms with Gasteiger partial charge in [-0.05, 0) is 0 Å². The fourth-order valence-electron chi connectivity index (χ4n) is 2.00. The Morgan fingerprint density at radius 1 is 0.762 bits per heavy atom. The number of nitrogens with zero attached hydrogens (tertiary/aromatic N) is 3. The van der Waals surface area contributed by atoms with E-state index in [1.807, 2.05) is 60.7 Å². The zero-order valence-corrected chi connectivity index (χ0v) is 11.0. The van der Waals surface area contributed by atoms with Crippen molar-refractivity contribution in [2.24, 2.45) is 0 Å². The van der Waals surface area contributed by atoms with Gasteiger partial charge in [-0.3, -0.25) is 0 Å². The molecule has 0 aliphatic heterocycles. The van der Waals surface area contributed by atoms with Gasteiger partial charge in [0.2, 0.25) is 0 Å². The van der Waals surface area contributed by atoms with E-state index in [1.165, 1.54) is 0 Å². The normalized spacial score (nSPS) is 10.3. The molecule has 21 heavy (non-hydrogen) atoms. The third-order valence-corrected chi connectivity index (χ3v) is 2.97. The zero-order valence-electron chi connectivity index (χ0n) is 11.0. The molecule has 0 atom stereocenters. The predicted octanol–water partition coefficient (Wildman–Crippen LogP) is 2.90. The van der Waals surface area contributed by atoms with Crippen LogP contribution in [-0.4, -0.2) is 26.3 Å². The number of hydrogen-bond acceptors (Lipinski definition) is 4. The highest BCUT2D eigenvalue weighted by Crippen LogP contribution is 2.27. The van der Waals surface area contributed by atoms with Crippen molar-refractivity contribution in [3.8, 4) is 22.5 Å². The molecule has 1 aromatic heterocycles. The summed E-state index contributed by atoms with van der Waals surface area (Å²) in [5, 5.41) is 16.8. The molecule has 102 valence electrons. The summed E-state index contributed by atoms with van der Waals surface area (Å²) in [7, 11) is 0. The van der Waals surface area contributed by atoms with Gasteiger partial charge in [0.15, 0.2) is 0 Å². The van der Waals surface area contributed by atoms with E-state index in [4.69, 9.17) is 5.11 Å². The van der Waals surface area contributed by atoms with Crippen LogP contribution in [-0.2, 0) is 0 Å². The standard InChI is InChI=1S/C16H11N3O2/c20-16(21)15-17-13(11-7-3-1-4-8-11)14(18-19-15)12-9-5-2-6-10-12/h1-10H,(H,20,21). The molecule has 5 nitrogen and oxygen atoms in total. The second-order valence-corrected chi connectivity index (χ2v) is 4.37. The van der Waals surface area contributed by atoms with Crippen molar-refractivity contribution >= 4 is 5.97 Å². The summed E-state index contributed by atoms with van der Waals surface area (Å²) in [5.74, 6) is -1.51. The zero-order chi connectivity index (χ0) is 14.7. The van der Waals surface area contributed by atoms with Crippen LogP contribution in [0.25, 0.3) is 22.5 Å². The van der Waals surface area contributed by atoms with E-state index < -0.39 is 5.97 Å². The number of carboxylic acids is 1. The monoisotopic (exact) mass is 277 g/mol. The maximum absolute atomic E-state index is 11.1. The van der Waals surface area contributed by atoms with Gasteiger partial charge >= 0.3 is 5.97 Å². The van der Waals surface area contributed by atoms with Gasteiger partial charge in [-0.1, -0.05) is 60.7 Å². The van der Waals surface area contributed by atoms with Crippen molar-refractivity contribution in [3.05, 3.63) is 66.5 Å². The molecule has 0 bridgehead atoms. The van der Waals surface area contributed by atoms with Gasteiger partial charge < -0.3 is 5.11 Å². The quantitative estimate of drug-likeness (QED) is 0.796. The Labute approximate surface area is 120 Å². The first-order chi connectivity index (χ1) is 10.3. The Bertz CT molecular complexity index is 774. The van der Waals surface area contributed by atoms with E-state index in [-0.39, 0.29) is 5.82 Å². The summed E-state index contributed by atoms with van der Waals surface area (Å²) in [4.78, 5) is 15.2. The van der Waals surface area contributed by atoms with E-state index in [9.17, 15) is 4.79 Å². The molecule has 0 saturated carbocycles. The first-order valence-corrected chi connectivity index (χ1v) is 6.34. The number of benzene rings is 2. The molecule has 1 heterocycles. The average molecular weight is 277 g/mol. The van der Waals surface area contributed by atoms with E-state index >= 15 is 0 Å². The summed E-state index contributed by atoms with van der Waals surface area (Å²) in [6, 6.07) is 18.8.